The molecule has 174 valence electrons. The second-order valence-corrected chi connectivity index (χ2v) is 10.2. The molecule has 0 fully saturated rings. The fourth-order valence-corrected chi connectivity index (χ4v) is 4.63. The number of anilines is 1. The van der Waals surface area contributed by atoms with E-state index < -0.39 is 39.0 Å². The van der Waals surface area contributed by atoms with Gasteiger partial charge in [0.15, 0.2) is 0 Å². The molecule has 0 saturated carbocycles. The molecule has 0 bridgehead atoms. The summed E-state index contributed by atoms with van der Waals surface area (Å²) in [5.74, 6) is 0. The van der Waals surface area contributed by atoms with Crippen LogP contribution in [-0.2, 0) is 11.2 Å². The average molecular weight is 476 g/mol. The van der Waals surface area contributed by atoms with Crippen LogP contribution in [0.15, 0.2) is 53.4 Å². The maximum absolute atomic E-state index is 13.4. The Kier molecular flexibility index (Phi) is 5.07. The van der Waals surface area contributed by atoms with Crippen LogP contribution in [0.2, 0.25) is 0 Å². The van der Waals surface area contributed by atoms with Gasteiger partial charge in [0.1, 0.15) is 4.90 Å². The molecule has 32 heavy (non-hydrogen) atoms. The van der Waals surface area contributed by atoms with Crippen LogP contribution < -0.4 is 10.6 Å². The minimum absolute atomic E-state index is 0.196. The quantitative estimate of drug-likeness (QED) is 0.479. The molecule has 2 amide bonds. The second kappa shape index (κ2) is 7.19. The third-order valence-electron chi connectivity index (χ3n) is 5.48. The predicted octanol–water partition coefficient (Wildman–Crippen LogP) is 5.93. The lowest BCUT2D eigenvalue weighted by atomic mass is 9.99. The van der Waals surface area contributed by atoms with E-state index in [2.05, 4.69) is 10.6 Å². The molecule has 5 nitrogen and oxygen atoms in total. The number of aliphatic hydroxyl groups excluding tert-OH is 1. The summed E-state index contributed by atoms with van der Waals surface area (Å²) in [4.78, 5) is 10.5. The summed E-state index contributed by atoms with van der Waals surface area (Å²) in [5.41, 5.74) is 1.89. The summed E-state index contributed by atoms with van der Waals surface area (Å²) in [6.45, 7) is 0.529. The van der Waals surface area contributed by atoms with Crippen molar-refractivity contribution in [1.29, 1.82) is 0 Å². The van der Waals surface area contributed by atoms with Crippen LogP contribution >= 0.6 is 10.2 Å². The zero-order valence-electron chi connectivity index (χ0n) is 16.7. The van der Waals surface area contributed by atoms with Crippen molar-refractivity contribution in [3.8, 4) is 0 Å². The van der Waals surface area contributed by atoms with Gasteiger partial charge < -0.3 is 20.5 Å². The van der Waals surface area contributed by atoms with Gasteiger partial charge in [-0.05, 0) is 35.3 Å². The summed E-state index contributed by atoms with van der Waals surface area (Å²) in [7, 11) is -9.96. The van der Waals surface area contributed by atoms with E-state index >= 15 is 0 Å². The maximum Gasteiger partial charge on any atom is 0.319 e. The molecule has 3 N–H and O–H groups in total. The van der Waals surface area contributed by atoms with Crippen LogP contribution in [0.4, 0.5) is 29.9 Å². The molecule has 0 aromatic heterocycles. The Morgan fingerprint density at radius 2 is 1.84 bits per heavy atom. The molecule has 2 aromatic rings. The van der Waals surface area contributed by atoms with E-state index in [0.29, 0.717) is 36.7 Å². The van der Waals surface area contributed by atoms with Crippen molar-refractivity contribution in [3.05, 3.63) is 65.2 Å². The van der Waals surface area contributed by atoms with Gasteiger partial charge in [-0.25, -0.2) is 4.79 Å². The van der Waals surface area contributed by atoms with E-state index in [4.69, 9.17) is 4.74 Å². The number of nitrogens with one attached hydrogen (secondary N) is 2. The SMILES string of the molecule is O=C(Nc1cc(S(F)(F)(F)(F)F)ccc1C1=CCOCC1)NC1c2ccccc2CC1O. The number of amides is 2. The fraction of sp³-hybridized carbons (Fsp3) is 0.286. The van der Waals surface area contributed by atoms with Gasteiger partial charge in [0.25, 0.3) is 0 Å². The van der Waals surface area contributed by atoms with Crippen LogP contribution in [0.25, 0.3) is 5.57 Å². The first kappa shape index (κ1) is 22.6. The third kappa shape index (κ3) is 4.74. The molecule has 4 rings (SSSR count). The molecule has 11 heteroatoms. The number of carbonyl (C=O) groups is 1. The summed E-state index contributed by atoms with van der Waals surface area (Å²) < 4.78 is 72.1. The number of urea groups is 1. The van der Waals surface area contributed by atoms with Gasteiger partial charge in [-0.15, -0.1) is 0 Å². The zero-order chi connectivity index (χ0) is 23.2. The molecule has 2 unspecified atom stereocenters. The van der Waals surface area contributed by atoms with Gasteiger partial charge >= 0.3 is 16.3 Å². The molecule has 2 aromatic carbocycles. The smallest absolute Gasteiger partial charge is 0.319 e. The fourth-order valence-electron chi connectivity index (χ4n) is 3.97. The van der Waals surface area contributed by atoms with Crippen molar-refractivity contribution in [1.82, 2.24) is 5.32 Å². The van der Waals surface area contributed by atoms with Crippen molar-refractivity contribution < 1.29 is 34.1 Å². The molecule has 0 radical (unpaired) electrons. The number of hydrogen-bond acceptors (Lipinski definition) is 3. The lowest BCUT2D eigenvalue weighted by Gasteiger charge is -2.41. The Morgan fingerprint density at radius 3 is 2.53 bits per heavy atom. The molecule has 1 aliphatic carbocycles. The Hall–Kier alpha value is -2.63. The Labute approximate surface area is 181 Å². The topological polar surface area (TPSA) is 70.6 Å². The minimum Gasteiger partial charge on any atom is -0.390 e. The van der Waals surface area contributed by atoms with Crippen LogP contribution in [0.5, 0.6) is 0 Å². The highest BCUT2D eigenvalue weighted by Crippen LogP contribution is 3.02. The van der Waals surface area contributed by atoms with Gasteiger partial charge in [0.05, 0.1) is 31.0 Å². The largest absolute Gasteiger partial charge is 0.390 e. The van der Waals surface area contributed by atoms with Gasteiger partial charge in [-0.3, -0.25) is 0 Å². The van der Waals surface area contributed by atoms with E-state index in [1.165, 1.54) is 0 Å². The summed E-state index contributed by atoms with van der Waals surface area (Å²) >= 11 is 0. The lowest BCUT2D eigenvalue weighted by molar-refractivity contribution is 0.144. The van der Waals surface area contributed by atoms with Gasteiger partial charge in [0, 0.05) is 12.0 Å². The number of fused-ring (bicyclic) bond motifs is 1. The maximum atomic E-state index is 13.4. The monoisotopic (exact) mass is 476 g/mol. The Balaban J connectivity index is 1.65. The van der Waals surface area contributed by atoms with Crippen LogP contribution in [0.1, 0.15) is 29.2 Å². The third-order valence-corrected chi connectivity index (χ3v) is 6.63. The summed E-state index contributed by atoms with van der Waals surface area (Å²) in [5, 5.41) is 15.1. The number of benzene rings is 2. The van der Waals surface area contributed by atoms with Gasteiger partial charge in [0.2, 0.25) is 0 Å². The van der Waals surface area contributed by atoms with Gasteiger partial charge in [-0.2, -0.15) is 0 Å². The number of ether oxygens (including phenoxy) is 1. The molecule has 2 aliphatic rings. The van der Waals surface area contributed by atoms with Crippen molar-refractivity contribution in [3.63, 3.8) is 0 Å². The van der Waals surface area contributed by atoms with E-state index in [0.717, 1.165) is 11.6 Å². The highest BCUT2D eigenvalue weighted by Gasteiger charge is 2.65. The molecule has 0 spiro atoms. The minimum atomic E-state index is -9.96. The number of carbonyl (C=O) groups excluding carboxylic acids is 1. The Morgan fingerprint density at radius 1 is 1.09 bits per heavy atom. The van der Waals surface area contributed by atoms with Crippen molar-refractivity contribution in [2.75, 3.05) is 18.5 Å². The standard InChI is InChI=1S/C21H21F5N2O3S/c22-32(23,24,25,26)15-5-6-16(13-7-9-31-10-8-13)18(12-15)27-21(30)28-20-17-4-2-1-3-14(17)11-19(20)29/h1-7,12,19-20,29H,8-11H2,(H2,27,28,30). The second-order valence-electron chi connectivity index (χ2n) is 7.78. The number of halogens is 5. The molecular formula is C21H21F5N2O3S. The lowest BCUT2D eigenvalue weighted by Crippen LogP contribution is -2.37. The van der Waals surface area contributed by atoms with Gasteiger partial charge in [-0.1, -0.05) is 55.8 Å². The highest BCUT2D eigenvalue weighted by atomic mass is 32.5. The Bertz CT molecular complexity index is 1110. The van der Waals surface area contributed by atoms with E-state index in [1.54, 1.807) is 30.3 Å². The normalized spacial score (nSPS) is 22.9. The van der Waals surface area contributed by atoms with Crippen LogP contribution in [0.3, 0.4) is 0 Å². The van der Waals surface area contributed by atoms with E-state index in [9.17, 15) is 29.3 Å². The zero-order valence-corrected chi connectivity index (χ0v) is 17.5. The first-order valence-corrected chi connectivity index (χ1v) is 11.8. The van der Waals surface area contributed by atoms with E-state index in [1.807, 2.05) is 0 Å². The van der Waals surface area contributed by atoms with E-state index in [-0.39, 0.29) is 18.2 Å². The van der Waals surface area contributed by atoms with Crippen molar-refractivity contribution in [2.24, 2.45) is 0 Å². The first-order valence-electron chi connectivity index (χ1n) is 9.80. The number of aliphatic hydroxyl groups is 1. The molecule has 1 heterocycles. The molecular weight excluding hydrogens is 455 g/mol. The number of rotatable bonds is 4. The molecule has 2 atom stereocenters. The summed E-state index contributed by atoms with van der Waals surface area (Å²) in [6, 6.07) is 6.86. The van der Waals surface area contributed by atoms with Crippen molar-refractivity contribution in [2.45, 2.75) is 29.9 Å². The molecule has 1 aliphatic heterocycles. The molecule has 0 saturated heterocycles. The van der Waals surface area contributed by atoms with Crippen LogP contribution in [0, 0.1) is 0 Å². The average Bonchev–Trinajstić information content (AvgIpc) is 3.02. The predicted molar refractivity (Wildman–Crippen MR) is 112 cm³/mol. The first-order chi connectivity index (χ1) is 14.8. The highest BCUT2D eigenvalue weighted by molar-refractivity contribution is 8.45. The number of hydrogen-bond donors (Lipinski definition) is 3. The summed E-state index contributed by atoms with van der Waals surface area (Å²) in [6.07, 6.45) is 1.35. The van der Waals surface area contributed by atoms with Crippen LogP contribution in [-0.4, -0.2) is 30.5 Å². The van der Waals surface area contributed by atoms with Crippen molar-refractivity contribution >= 4 is 27.5 Å².